The van der Waals surface area contributed by atoms with Crippen molar-refractivity contribution in [1.29, 1.82) is 0 Å². The molecule has 3 rings (SSSR count). The van der Waals surface area contributed by atoms with E-state index in [0.29, 0.717) is 11.5 Å². The van der Waals surface area contributed by atoms with Crippen LogP contribution in [0.5, 0.6) is 0 Å². The highest BCUT2D eigenvalue weighted by Crippen LogP contribution is 2.49. The summed E-state index contributed by atoms with van der Waals surface area (Å²) in [7, 11) is 0. The summed E-state index contributed by atoms with van der Waals surface area (Å²) in [6.07, 6.45) is 5.55. The average Bonchev–Trinajstić information content (AvgIpc) is 2.13. The molecule has 0 bridgehead atoms. The molecule has 1 aliphatic carbocycles. The van der Waals surface area contributed by atoms with Crippen LogP contribution in [0.25, 0.3) is 0 Å². The molecule has 3 heteroatoms. The highest BCUT2D eigenvalue weighted by molar-refractivity contribution is 4.98. The van der Waals surface area contributed by atoms with E-state index in [0.717, 1.165) is 38.9 Å². The van der Waals surface area contributed by atoms with Crippen molar-refractivity contribution in [2.24, 2.45) is 11.3 Å². The molecule has 1 unspecified atom stereocenters. The molecule has 0 aromatic rings. The van der Waals surface area contributed by atoms with E-state index in [1.54, 1.807) is 0 Å². The summed E-state index contributed by atoms with van der Waals surface area (Å²) >= 11 is 0. The molecular formula is C12H21NO2. The standard InChI is InChI=1S/C12H21NO2/c1-2-10(3-1)12(8-15-9-12)6-11-7-14-5-4-13-11/h10-11,13H,1-9H2. The van der Waals surface area contributed by atoms with E-state index in [-0.39, 0.29) is 0 Å². The molecule has 3 fully saturated rings. The van der Waals surface area contributed by atoms with Crippen molar-refractivity contribution in [2.75, 3.05) is 33.0 Å². The Balaban J connectivity index is 1.58. The first-order chi connectivity index (χ1) is 7.39. The molecule has 3 nitrogen and oxygen atoms in total. The lowest BCUT2D eigenvalue weighted by atomic mass is 9.61. The Morgan fingerprint density at radius 3 is 2.53 bits per heavy atom. The fourth-order valence-corrected chi connectivity index (χ4v) is 3.15. The quantitative estimate of drug-likeness (QED) is 0.760. The van der Waals surface area contributed by atoms with E-state index >= 15 is 0 Å². The van der Waals surface area contributed by atoms with Gasteiger partial charge in [0, 0.05) is 18.0 Å². The van der Waals surface area contributed by atoms with Crippen molar-refractivity contribution >= 4 is 0 Å². The maximum absolute atomic E-state index is 5.52. The molecule has 0 spiro atoms. The van der Waals surface area contributed by atoms with Gasteiger partial charge in [-0.3, -0.25) is 0 Å². The average molecular weight is 211 g/mol. The van der Waals surface area contributed by atoms with Gasteiger partial charge in [0.15, 0.2) is 0 Å². The van der Waals surface area contributed by atoms with E-state index < -0.39 is 0 Å². The Morgan fingerprint density at radius 2 is 2.07 bits per heavy atom. The number of nitrogens with one attached hydrogen (secondary N) is 1. The first-order valence-electron chi connectivity index (χ1n) is 6.28. The SMILES string of the molecule is C1CC(C2(CC3COCCN3)COC2)C1. The van der Waals surface area contributed by atoms with Crippen LogP contribution in [-0.2, 0) is 9.47 Å². The molecule has 2 saturated heterocycles. The lowest BCUT2D eigenvalue weighted by molar-refractivity contribution is -0.173. The van der Waals surface area contributed by atoms with Crippen molar-refractivity contribution in [3.05, 3.63) is 0 Å². The third kappa shape index (κ3) is 1.81. The molecule has 0 aromatic heterocycles. The lowest BCUT2D eigenvalue weighted by Gasteiger charge is -2.52. The summed E-state index contributed by atoms with van der Waals surface area (Å²) < 4.78 is 11.0. The normalized spacial score (nSPS) is 35.6. The Bertz CT molecular complexity index is 218. The molecule has 0 radical (unpaired) electrons. The van der Waals surface area contributed by atoms with Crippen molar-refractivity contribution in [1.82, 2.24) is 5.32 Å². The van der Waals surface area contributed by atoms with Crippen LogP contribution < -0.4 is 5.32 Å². The fraction of sp³-hybridized carbons (Fsp3) is 1.00. The van der Waals surface area contributed by atoms with Crippen LogP contribution in [0.3, 0.4) is 0 Å². The second kappa shape index (κ2) is 4.04. The first-order valence-corrected chi connectivity index (χ1v) is 6.28. The number of hydrogen-bond donors (Lipinski definition) is 1. The summed E-state index contributed by atoms with van der Waals surface area (Å²) in [6.45, 7) is 4.79. The van der Waals surface area contributed by atoms with Gasteiger partial charge in [0.1, 0.15) is 0 Å². The highest BCUT2D eigenvalue weighted by atomic mass is 16.5. The van der Waals surface area contributed by atoms with E-state index in [1.165, 1.54) is 25.7 Å². The summed E-state index contributed by atoms with van der Waals surface area (Å²) in [4.78, 5) is 0. The Labute approximate surface area is 91.5 Å². The molecule has 15 heavy (non-hydrogen) atoms. The van der Waals surface area contributed by atoms with E-state index in [2.05, 4.69) is 5.32 Å². The highest BCUT2D eigenvalue weighted by Gasteiger charge is 2.48. The molecule has 3 aliphatic rings. The number of hydrogen-bond acceptors (Lipinski definition) is 3. The minimum absolute atomic E-state index is 0.511. The van der Waals surface area contributed by atoms with E-state index in [1.807, 2.05) is 0 Å². The van der Waals surface area contributed by atoms with Gasteiger partial charge < -0.3 is 14.8 Å². The Kier molecular flexibility index (Phi) is 2.71. The molecule has 0 amide bonds. The van der Waals surface area contributed by atoms with Crippen molar-refractivity contribution < 1.29 is 9.47 Å². The van der Waals surface area contributed by atoms with Crippen LogP contribution in [0, 0.1) is 11.3 Å². The zero-order valence-corrected chi connectivity index (χ0v) is 9.34. The molecule has 0 aromatic carbocycles. The van der Waals surface area contributed by atoms with Crippen LogP contribution in [0.4, 0.5) is 0 Å². The third-order valence-corrected chi connectivity index (χ3v) is 4.40. The summed E-state index contributed by atoms with van der Waals surface area (Å²) in [5.41, 5.74) is 0.511. The van der Waals surface area contributed by atoms with Crippen LogP contribution >= 0.6 is 0 Å². The van der Waals surface area contributed by atoms with Crippen LogP contribution in [0.15, 0.2) is 0 Å². The fourth-order valence-electron chi connectivity index (χ4n) is 3.15. The predicted molar refractivity (Wildman–Crippen MR) is 57.8 cm³/mol. The molecule has 2 aliphatic heterocycles. The maximum atomic E-state index is 5.52. The second-order valence-electron chi connectivity index (χ2n) is 5.41. The lowest BCUT2D eigenvalue weighted by Crippen LogP contribution is -2.55. The van der Waals surface area contributed by atoms with Gasteiger partial charge in [-0.1, -0.05) is 6.42 Å². The Morgan fingerprint density at radius 1 is 1.20 bits per heavy atom. The smallest absolute Gasteiger partial charge is 0.0620 e. The van der Waals surface area contributed by atoms with Gasteiger partial charge in [0.2, 0.25) is 0 Å². The molecule has 1 atom stereocenters. The third-order valence-electron chi connectivity index (χ3n) is 4.40. The van der Waals surface area contributed by atoms with Crippen molar-refractivity contribution in [3.63, 3.8) is 0 Å². The summed E-state index contributed by atoms with van der Waals surface area (Å²) in [6, 6.07) is 0.572. The van der Waals surface area contributed by atoms with Gasteiger partial charge in [-0.2, -0.15) is 0 Å². The number of rotatable bonds is 3. The molecule has 1 saturated carbocycles. The van der Waals surface area contributed by atoms with Crippen LogP contribution in [0.1, 0.15) is 25.7 Å². The minimum atomic E-state index is 0.511. The zero-order valence-electron chi connectivity index (χ0n) is 9.34. The van der Waals surface area contributed by atoms with Gasteiger partial charge >= 0.3 is 0 Å². The minimum Gasteiger partial charge on any atom is -0.380 e. The zero-order chi connectivity index (χ0) is 10.1. The first kappa shape index (κ1) is 10.1. The van der Waals surface area contributed by atoms with Crippen molar-refractivity contribution in [3.8, 4) is 0 Å². The molecule has 2 heterocycles. The van der Waals surface area contributed by atoms with Gasteiger partial charge in [0.25, 0.3) is 0 Å². The van der Waals surface area contributed by atoms with Crippen LogP contribution in [-0.4, -0.2) is 39.0 Å². The maximum Gasteiger partial charge on any atom is 0.0620 e. The largest absolute Gasteiger partial charge is 0.380 e. The molecular weight excluding hydrogens is 190 g/mol. The topological polar surface area (TPSA) is 30.5 Å². The number of ether oxygens (including phenoxy) is 2. The van der Waals surface area contributed by atoms with Gasteiger partial charge in [0.05, 0.1) is 26.4 Å². The van der Waals surface area contributed by atoms with Gasteiger partial charge in [-0.15, -0.1) is 0 Å². The van der Waals surface area contributed by atoms with Crippen molar-refractivity contribution in [2.45, 2.75) is 31.7 Å². The monoisotopic (exact) mass is 211 g/mol. The molecule has 1 N–H and O–H groups in total. The second-order valence-corrected chi connectivity index (χ2v) is 5.41. The van der Waals surface area contributed by atoms with Gasteiger partial charge in [-0.25, -0.2) is 0 Å². The van der Waals surface area contributed by atoms with E-state index in [9.17, 15) is 0 Å². The predicted octanol–water partition coefficient (Wildman–Crippen LogP) is 1.18. The van der Waals surface area contributed by atoms with E-state index in [4.69, 9.17) is 9.47 Å². The Hall–Kier alpha value is -0.120. The van der Waals surface area contributed by atoms with Gasteiger partial charge in [-0.05, 0) is 25.2 Å². The summed E-state index contributed by atoms with van der Waals surface area (Å²) in [5.74, 6) is 0.940. The number of morpholine rings is 1. The summed E-state index contributed by atoms with van der Waals surface area (Å²) in [5, 5.41) is 3.57. The molecule has 86 valence electrons. The van der Waals surface area contributed by atoms with Crippen LogP contribution in [0.2, 0.25) is 0 Å².